The van der Waals surface area contributed by atoms with Gasteiger partial charge in [0.15, 0.2) is 0 Å². The Hall–Kier alpha value is -1.06. The largest absolute Gasteiger partial charge is 0.379 e. The lowest BCUT2D eigenvalue weighted by atomic mass is 9.92. The summed E-state index contributed by atoms with van der Waals surface area (Å²) in [6.45, 7) is 0. The second-order valence-corrected chi connectivity index (χ2v) is 6.30. The van der Waals surface area contributed by atoms with Gasteiger partial charge in [-0.1, -0.05) is 53.0 Å². The van der Waals surface area contributed by atoms with E-state index < -0.39 is 0 Å². The third kappa shape index (κ3) is 2.70. The Kier molecular flexibility index (Phi) is 4.27. The van der Waals surface area contributed by atoms with Crippen LogP contribution in [0.2, 0.25) is 0 Å². The quantitative estimate of drug-likeness (QED) is 0.855. The van der Waals surface area contributed by atoms with Crippen molar-refractivity contribution in [2.75, 3.05) is 12.4 Å². The summed E-state index contributed by atoms with van der Waals surface area (Å²) in [4.78, 5) is 0. The van der Waals surface area contributed by atoms with Gasteiger partial charge in [0, 0.05) is 22.7 Å². The monoisotopic (exact) mass is 333 g/mol. The molecule has 20 heavy (non-hydrogen) atoms. The van der Waals surface area contributed by atoms with Gasteiger partial charge in [-0.15, -0.1) is 0 Å². The number of nitrogens with one attached hydrogen (secondary N) is 1. The standard InChI is InChI=1S/C17H20BrNO/c1-20-17-9-5-4-8-16(17)19-15-11-10-14(18)12-6-2-3-7-13(12)15/h2-3,6-7,10-11,16-17,19H,4-5,8-9H2,1H3. The zero-order chi connectivity index (χ0) is 13.9. The Morgan fingerprint density at radius 3 is 2.60 bits per heavy atom. The molecule has 2 aromatic carbocycles. The van der Waals surface area contributed by atoms with Crippen LogP contribution in [-0.4, -0.2) is 19.3 Å². The molecule has 1 saturated carbocycles. The molecule has 1 aliphatic rings. The van der Waals surface area contributed by atoms with Crippen molar-refractivity contribution < 1.29 is 4.74 Å². The molecule has 0 radical (unpaired) electrons. The van der Waals surface area contributed by atoms with Crippen molar-refractivity contribution in [1.82, 2.24) is 0 Å². The minimum Gasteiger partial charge on any atom is -0.379 e. The van der Waals surface area contributed by atoms with E-state index in [1.165, 1.54) is 35.7 Å². The number of fused-ring (bicyclic) bond motifs is 1. The van der Waals surface area contributed by atoms with Crippen molar-refractivity contribution >= 4 is 32.4 Å². The summed E-state index contributed by atoms with van der Waals surface area (Å²) in [7, 11) is 1.82. The molecule has 1 aliphatic carbocycles. The smallest absolute Gasteiger partial charge is 0.0772 e. The number of halogens is 1. The van der Waals surface area contributed by atoms with Crippen molar-refractivity contribution in [2.45, 2.75) is 37.8 Å². The highest BCUT2D eigenvalue weighted by Crippen LogP contribution is 2.32. The normalized spacial score (nSPS) is 22.9. The van der Waals surface area contributed by atoms with Gasteiger partial charge in [-0.3, -0.25) is 0 Å². The molecule has 0 spiro atoms. The van der Waals surface area contributed by atoms with Crippen LogP contribution in [0.5, 0.6) is 0 Å². The highest BCUT2D eigenvalue weighted by atomic mass is 79.9. The lowest BCUT2D eigenvalue weighted by molar-refractivity contribution is 0.0606. The van der Waals surface area contributed by atoms with Gasteiger partial charge in [-0.2, -0.15) is 0 Å². The molecule has 2 aromatic rings. The molecular formula is C17H20BrNO. The number of methoxy groups -OCH3 is 1. The van der Waals surface area contributed by atoms with Crippen molar-refractivity contribution in [3.63, 3.8) is 0 Å². The molecule has 106 valence electrons. The van der Waals surface area contributed by atoms with Crippen molar-refractivity contribution in [2.24, 2.45) is 0 Å². The molecule has 0 aliphatic heterocycles. The number of benzene rings is 2. The second kappa shape index (κ2) is 6.15. The topological polar surface area (TPSA) is 21.3 Å². The van der Waals surface area contributed by atoms with Crippen LogP contribution < -0.4 is 5.32 Å². The number of hydrogen-bond acceptors (Lipinski definition) is 2. The molecule has 2 atom stereocenters. The Balaban J connectivity index is 1.92. The summed E-state index contributed by atoms with van der Waals surface area (Å²) in [6.07, 6.45) is 5.22. The Morgan fingerprint density at radius 2 is 1.80 bits per heavy atom. The predicted octanol–water partition coefficient (Wildman–Crippen LogP) is 4.97. The van der Waals surface area contributed by atoms with Crippen LogP contribution in [0.3, 0.4) is 0 Å². The summed E-state index contributed by atoms with van der Waals surface area (Å²) >= 11 is 3.63. The maximum absolute atomic E-state index is 5.64. The number of hydrogen-bond donors (Lipinski definition) is 1. The highest BCUT2D eigenvalue weighted by molar-refractivity contribution is 9.10. The fraction of sp³-hybridized carbons (Fsp3) is 0.412. The molecule has 3 heteroatoms. The summed E-state index contributed by atoms with van der Waals surface area (Å²) < 4.78 is 6.78. The first kappa shape index (κ1) is 13.9. The van der Waals surface area contributed by atoms with Gasteiger partial charge in [-0.05, 0) is 30.4 Å². The van der Waals surface area contributed by atoms with Gasteiger partial charge in [0.05, 0.1) is 12.1 Å². The minimum absolute atomic E-state index is 0.325. The molecular weight excluding hydrogens is 314 g/mol. The highest BCUT2D eigenvalue weighted by Gasteiger charge is 2.25. The zero-order valence-electron chi connectivity index (χ0n) is 11.7. The predicted molar refractivity (Wildman–Crippen MR) is 88.3 cm³/mol. The molecule has 1 N–H and O–H groups in total. The van der Waals surface area contributed by atoms with Crippen molar-refractivity contribution in [3.8, 4) is 0 Å². The van der Waals surface area contributed by atoms with E-state index in [4.69, 9.17) is 4.74 Å². The van der Waals surface area contributed by atoms with E-state index in [9.17, 15) is 0 Å². The molecule has 0 heterocycles. The molecule has 0 amide bonds. The SMILES string of the molecule is COC1CCCCC1Nc1ccc(Br)c2ccccc12. The van der Waals surface area contributed by atoms with Crippen LogP contribution in [0.25, 0.3) is 10.8 Å². The minimum atomic E-state index is 0.325. The third-order valence-corrected chi connectivity index (χ3v) is 4.91. The maximum Gasteiger partial charge on any atom is 0.0772 e. The summed E-state index contributed by atoms with van der Waals surface area (Å²) in [5.41, 5.74) is 1.21. The molecule has 3 rings (SSSR count). The zero-order valence-corrected chi connectivity index (χ0v) is 13.3. The average molecular weight is 334 g/mol. The summed E-state index contributed by atoms with van der Waals surface area (Å²) in [5.74, 6) is 0. The second-order valence-electron chi connectivity index (χ2n) is 5.45. The van der Waals surface area contributed by atoms with Gasteiger partial charge in [-0.25, -0.2) is 0 Å². The lowest BCUT2D eigenvalue weighted by Crippen LogP contribution is -2.37. The van der Waals surface area contributed by atoms with Crippen LogP contribution in [-0.2, 0) is 4.74 Å². The first-order valence-corrected chi connectivity index (χ1v) is 8.05. The van der Waals surface area contributed by atoms with Crippen LogP contribution in [0.1, 0.15) is 25.7 Å². The van der Waals surface area contributed by atoms with Crippen molar-refractivity contribution in [3.05, 3.63) is 40.9 Å². The Morgan fingerprint density at radius 1 is 1.05 bits per heavy atom. The number of ether oxygens (including phenoxy) is 1. The van der Waals surface area contributed by atoms with E-state index in [0.29, 0.717) is 12.1 Å². The van der Waals surface area contributed by atoms with E-state index in [0.717, 1.165) is 10.9 Å². The van der Waals surface area contributed by atoms with Crippen LogP contribution >= 0.6 is 15.9 Å². The maximum atomic E-state index is 5.64. The fourth-order valence-electron chi connectivity index (χ4n) is 3.13. The fourth-order valence-corrected chi connectivity index (χ4v) is 3.61. The van der Waals surface area contributed by atoms with Crippen LogP contribution in [0.4, 0.5) is 5.69 Å². The Bertz CT molecular complexity index is 599. The van der Waals surface area contributed by atoms with Gasteiger partial charge in [0.25, 0.3) is 0 Å². The third-order valence-electron chi connectivity index (χ3n) is 4.22. The van der Waals surface area contributed by atoms with E-state index in [-0.39, 0.29) is 0 Å². The van der Waals surface area contributed by atoms with Gasteiger partial charge in [0.1, 0.15) is 0 Å². The van der Waals surface area contributed by atoms with Gasteiger partial charge >= 0.3 is 0 Å². The van der Waals surface area contributed by atoms with Crippen molar-refractivity contribution in [1.29, 1.82) is 0 Å². The van der Waals surface area contributed by atoms with E-state index in [1.54, 1.807) is 0 Å². The van der Waals surface area contributed by atoms with Crippen LogP contribution in [0.15, 0.2) is 40.9 Å². The first-order valence-electron chi connectivity index (χ1n) is 7.26. The summed E-state index contributed by atoms with van der Waals surface area (Å²) in [5, 5.41) is 6.22. The molecule has 2 nitrogen and oxygen atoms in total. The number of rotatable bonds is 3. The number of anilines is 1. The van der Waals surface area contributed by atoms with Crippen LogP contribution in [0, 0.1) is 0 Å². The van der Waals surface area contributed by atoms with Gasteiger partial charge in [0.2, 0.25) is 0 Å². The average Bonchev–Trinajstić information content (AvgIpc) is 2.51. The summed E-state index contributed by atoms with van der Waals surface area (Å²) in [6, 6.07) is 13.2. The van der Waals surface area contributed by atoms with E-state index in [2.05, 4.69) is 57.6 Å². The Labute approximate surface area is 128 Å². The molecule has 0 bridgehead atoms. The first-order chi connectivity index (χ1) is 9.79. The van der Waals surface area contributed by atoms with Gasteiger partial charge < -0.3 is 10.1 Å². The molecule has 0 saturated heterocycles. The molecule has 1 fully saturated rings. The lowest BCUT2D eigenvalue weighted by Gasteiger charge is -2.32. The molecule has 2 unspecified atom stereocenters. The molecule has 0 aromatic heterocycles. The van der Waals surface area contributed by atoms with E-state index >= 15 is 0 Å². The van der Waals surface area contributed by atoms with E-state index in [1.807, 2.05) is 7.11 Å².